The standard InChI is InChI=1S/C56H61N3O25S6/c1-55(22-27-81-3)48(57(24-5-29-85(63,64)65)44-15-13-40-42(53(44)55)31-38(87(69,70)71)33-46(40)89(75,76)77)17-9-36(35-7-11-37(12-8-35)83-26-21-52(62)84-59-50(60)19-20-51(59)61)10-18-49-56(2,23-28-82-4)54-43-32-39(88(72,73)74)34-47(90(78,79)80)41(43)14-16-45(54)58(49)25-6-30-86(66,67)68/h7-18,31-34H,5-6,19-30H2,1-4H3,(H5-,63,64,65,66,67,68,69,70,71,72,73,74,75,76,77,78,79,80)/p+1. The summed E-state index contributed by atoms with van der Waals surface area (Å²) in [5.41, 5.74) is -0.460. The first-order chi connectivity index (χ1) is 41.8. The van der Waals surface area contributed by atoms with E-state index < -0.39 is 127 Å². The van der Waals surface area contributed by atoms with Crippen LogP contribution >= 0.6 is 0 Å². The van der Waals surface area contributed by atoms with Gasteiger partial charge in [-0.25, -0.2) is 4.79 Å². The first-order valence-corrected chi connectivity index (χ1v) is 36.1. The zero-order valence-corrected chi connectivity index (χ0v) is 53.3. The van der Waals surface area contributed by atoms with Crippen LogP contribution < -0.4 is 9.64 Å². The van der Waals surface area contributed by atoms with Gasteiger partial charge in [0.15, 0.2) is 5.71 Å². The van der Waals surface area contributed by atoms with Gasteiger partial charge in [0.2, 0.25) is 5.69 Å². The number of hydroxylamine groups is 2. The third kappa shape index (κ3) is 15.0. The molecule has 0 saturated carbocycles. The fourth-order valence-electron chi connectivity index (χ4n) is 11.5. The SMILES string of the molecule is COCCC1(C)C(/C=C/C(=C/C=C2/N(CCCS(=O)(=O)O)c3ccc4c(S(=O)(=O)O)cc(S(=O)(=O)O)cc4c3C2(C)CCOC)c2ccc(OCCC(=O)ON3C(=O)CCC3=O)cc2)=[N+](CCCS(=O)(=O)O)c2ccc3c(S(=O)(=O)O)cc(S(=O)(=O)O)cc3c21. The number of rotatable bonds is 27. The maximum atomic E-state index is 13.0. The monoisotopic (exact) mass is 1370 g/mol. The van der Waals surface area contributed by atoms with Crippen molar-refractivity contribution in [2.45, 2.75) is 89.2 Å². The van der Waals surface area contributed by atoms with Crippen LogP contribution in [0.3, 0.4) is 0 Å². The summed E-state index contributed by atoms with van der Waals surface area (Å²) in [5.74, 6) is -3.62. The molecule has 8 rings (SSSR count). The molecule has 486 valence electrons. The van der Waals surface area contributed by atoms with E-state index in [0.717, 1.165) is 12.1 Å². The van der Waals surface area contributed by atoms with Crippen LogP contribution in [-0.2, 0) is 100 Å². The van der Waals surface area contributed by atoms with Gasteiger partial charge in [-0.2, -0.15) is 55.1 Å². The highest BCUT2D eigenvalue weighted by Crippen LogP contribution is 2.54. The smallest absolute Gasteiger partial charge is 0.336 e. The van der Waals surface area contributed by atoms with Gasteiger partial charge in [-0.3, -0.25) is 36.9 Å². The number of methoxy groups -OCH3 is 2. The molecule has 0 aliphatic carbocycles. The molecule has 2 unspecified atom stereocenters. The number of carbonyl (C=O) groups is 3. The average Bonchev–Trinajstić information content (AvgIpc) is 1.51. The molecule has 1 saturated heterocycles. The zero-order chi connectivity index (χ0) is 66.3. The second-order valence-corrected chi connectivity index (χ2v) is 30.4. The van der Waals surface area contributed by atoms with E-state index in [-0.39, 0.29) is 121 Å². The lowest BCUT2D eigenvalue weighted by Crippen LogP contribution is -2.33. The molecule has 2 atom stereocenters. The summed E-state index contributed by atoms with van der Waals surface area (Å²) in [7, 11) is -27.2. The largest absolute Gasteiger partial charge is 0.493 e. The Bertz CT molecular complexity index is 4610. The van der Waals surface area contributed by atoms with Gasteiger partial charge in [-0.15, -0.1) is 5.06 Å². The number of fused-ring (bicyclic) bond motifs is 6. The molecule has 2 amide bonds. The summed E-state index contributed by atoms with van der Waals surface area (Å²) < 4.78 is 232. The third-order valence-electron chi connectivity index (χ3n) is 15.6. The molecule has 0 bridgehead atoms. The minimum atomic E-state index is -5.21. The van der Waals surface area contributed by atoms with Crippen molar-refractivity contribution in [1.82, 2.24) is 5.06 Å². The Morgan fingerprint density at radius 1 is 0.622 bits per heavy atom. The first kappa shape index (κ1) is 69.0. The predicted molar refractivity (Wildman–Crippen MR) is 323 cm³/mol. The molecule has 5 aromatic carbocycles. The number of ether oxygens (including phenoxy) is 3. The molecule has 3 aliphatic heterocycles. The van der Waals surface area contributed by atoms with Crippen LogP contribution in [0.2, 0.25) is 0 Å². The van der Waals surface area contributed by atoms with Crippen molar-refractivity contribution in [1.29, 1.82) is 0 Å². The van der Waals surface area contributed by atoms with Crippen molar-refractivity contribution >= 4 is 123 Å². The molecule has 0 spiro atoms. The molecule has 5 aromatic rings. The second kappa shape index (κ2) is 26.0. The highest BCUT2D eigenvalue weighted by atomic mass is 32.2. The average molecular weight is 1370 g/mol. The summed E-state index contributed by atoms with van der Waals surface area (Å²) in [5, 5.41) is -0.120. The van der Waals surface area contributed by atoms with Crippen LogP contribution in [0.25, 0.3) is 27.1 Å². The minimum Gasteiger partial charge on any atom is -0.493 e. The molecule has 0 aromatic heterocycles. The Balaban J connectivity index is 1.38. The number of anilines is 1. The number of hydrogen-bond acceptors (Lipinski definition) is 20. The van der Waals surface area contributed by atoms with Gasteiger partial charge in [0.1, 0.15) is 22.1 Å². The second-order valence-electron chi connectivity index (χ2n) is 21.6. The van der Waals surface area contributed by atoms with Gasteiger partial charge in [0.05, 0.1) is 39.7 Å². The van der Waals surface area contributed by atoms with Crippen molar-refractivity contribution in [3.63, 3.8) is 0 Å². The lowest BCUT2D eigenvalue weighted by molar-refractivity contribution is -0.437. The molecule has 1 fully saturated rings. The lowest BCUT2D eigenvalue weighted by Gasteiger charge is -2.30. The van der Waals surface area contributed by atoms with E-state index in [1.807, 2.05) is 0 Å². The fourth-order valence-corrected chi connectivity index (χ4v) is 15.2. The van der Waals surface area contributed by atoms with Gasteiger partial charge in [0.25, 0.3) is 72.5 Å². The molecule has 90 heavy (non-hydrogen) atoms. The summed E-state index contributed by atoms with van der Waals surface area (Å²) in [4.78, 5) is 39.7. The van der Waals surface area contributed by atoms with E-state index in [4.69, 9.17) is 19.0 Å². The van der Waals surface area contributed by atoms with E-state index in [9.17, 15) is 92.2 Å². The molecule has 28 nitrogen and oxygen atoms in total. The molecule has 34 heteroatoms. The minimum absolute atomic E-state index is 0.0237. The van der Waals surface area contributed by atoms with Gasteiger partial charge >= 0.3 is 5.97 Å². The third-order valence-corrected chi connectivity index (χ3v) is 20.7. The molecule has 0 radical (unpaired) electrons. The molecular formula is C56H62N3O25S6+. The van der Waals surface area contributed by atoms with Gasteiger partial charge in [-0.05, 0) is 121 Å². The maximum absolute atomic E-state index is 13.0. The number of nitrogens with zero attached hydrogens (tertiary/aromatic N) is 3. The summed E-state index contributed by atoms with van der Waals surface area (Å²) in [6.45, 7) is 2.67. The van der Waals surface area contributed by atoms with Gasteiger partial charge in [-0.1, -0.05) is 24.3 Å². The number of allylic oxidation sites excluding steroid dienone is 6. The highest BCUT2D eigenvalue weighted by Gasteiger charge is 2.50. The number of imide groups is 1. The van der Waals surface area contributed by atoms with Crippen LogP contribution in [0, 0.1) is 0 Å². The van der Waals surface area contributed by atoms with E-state index in [0.29, 0.717) is 39.7 Å². The number of benzene rings is 5. The molecule has 3 heterocycles. The molecular weight excluding hydrogens is 1310 g/mol. The number of amides is 2. The normalized spacial score (nSPS) is 19.1. The Morgan fingerprint density at radius 2 is 1.14 bits per heavy atom. The van der Waals surface area contributed by atoms with Crippen LogP contribution in [0.15, 0.2) is 122 Å². The summed E-state index contributed by atoms with van der Waals surface area (Å²) >= 11 is 0. The van der Waals surface area contributed by atoms with Crippen LogP contribution in [0.4, 0.5) is 11.4 Å². The van der Waals surface area contributed by atoms with Gasteiger partial charge in [0, 0.05) is 98.5 Å². The molecule has 3 aliphatic rings. The van der Waals surface area contributed by atoms with Crippen LogP contribution in [0.5, 0.6) is 5.75 Å². The van der Waals surface area contributed by atoms with Crippen molar-refractivity contribution in [2.75, 3.05) is 63.5 Å². The van der Waals surface area contributed by atoms with E-state index in [1.165, 1.54) is 50.6 Å². The fraction of sp³-hybridized carbons (Fsp3) is 0.357. The quantitative estimate of drug-likeness (QED) is 0.0160. The first-order valence-electron chi connectivity index (χ1n) is 27.1. The van der Waals surface area contributed by atoms with Crippen LogP contribution in [-0.4, -0.2) is 170 Å². The Morgan fingerprint density at radius 3 is 1.67 bits per heavy atom. The summed E-state index contributed by atoms with van der Waals surface area (Å²) in [6.07, 6.45) is 5.35. The van der Waals surface area contributed by atoms with Crippen molar-refractivity contribution in [3.8, 4) is 5.75 Å². The van der Waals surface area contributed by atoms with Crippen molar-refractivity contribution < 1.29 is 116 Å². The maximum Gasteiger partial charge on any atom is 0.336 e. The van der Waals surface area contributed by atoms with Gasteiger partial charge < -0.3 is 23.9 Å². The zero-order valence-electron chi connectivity index (χ0n) is 48.4. The van der Waals surface area contributed by atoms with E-state index >= 15 is 0 Å². The topological polar surface area (TPSA) is 424 Å². The Labute approximate surface area is 518 Å². The predicted octanol–water partition coefficient (Wildman–Crippen LogP) is 5.64. The Hall–Kier alpha value is -6.90. The van der Waals surface area contributed by atoms with Crippen molar-refractivity contribution in [3.05, 3.63) is 119 Å². The highest BCUT2D eigenvalue weighted by molar-refractivity contribution is 7.87. The number of carbonyl (C=O) groups excluding carboxylic acids is 3. The van der Waals surface area contributed by atoms with Crippen molar-refractivity contribution in [2.24, 2.45) is 0 Å². The Kier molecular flexibility index (Phi) is 19.9. The summed E-state index contributed by atoms with van der Waals surface area (Å²) in [6, 6.07) is 14.9. The van der Waals surface area contributed by atoms with E-state index in [1.54, 1.807) is 59.8 Å². The molecule has 6 N–H and O–H groups in total. The van der Waals surface area contributed by atoms with Crippen LogP contribution in [0.1, 0.15) is 75.5 Å². The lowest BCUT2D eigenvalue weighted by atomic mass is 9.74. The number of hydrogen-bond donors (Lipinski definition) is 6. The van der Waals surface area contributed by atoms with E-state index in [2.05, 4.69) is 0 Å².